The van der Waals surface area contributed by atoms with Crippen molar-refractivity contribution < 1.29 is 33.5 Å². The molecule has 4 N–H and O–H groups in total. The Bertz CT molecular complexity index is 1210. The molecule has 1 aliphatic carbocycles. The van der Waals surface area contributed by atoms with Gasteiger partial charge in [0.15, 0.2) is 0 Å². The Hall–Kier alpha value is -3.96. The van der Waals surface area contributed by atoms with Gasteiger partial charge in [-0.05, 0) is 50.5 Å². The van der Waals surface area contributed by atoms with Gasteiger partial charge in [0.2, 0.25) is 23.6 Å². The molecule has 0 aromatic heterocycles. The lowest BCUT2D eigenvalue weighted by Crippen LogP contribution is -2.57. The molecule has 1 aliphatic rings. The predicted octanol–water partition coefficient (Wildman–Crippen LogP) is 1.94. The molecule has 41 heavy (non-hydrogen) atoms. The van der Waals surface area contributed by atoms with E-state index in [9.17, 15) is 19.2 Å². The quantitative estimate of drug-likeness (QED) is 0.255. The molecule has 11 nitrogen and oxygen atoms in total. The zero-order valence-corrected chi connectivity index (χ0v) is 24.2. The summed E-state index contributed by atoms with van der Waals surface area (Å²) in [6, 6.07) is 15.4. The summed E-state index contributed by atoms with van der Waals surface area (Å²) in [5.74, 6) is -1.47. The molecule has 4 amide bonds. The maximum Gasteiger partial charge on any atom is 0.248 e. The molecule has 2 aromatic carbocycles. The molecule has 0 aliphatic heterocycles. The molecule has 2 aromatic rings. The molecule has 1 saturated carbocycles. The summed E-state index contributed by atoms with van der Waals surface area (Å²) in [5, 5.41) is 8.24. The van der Waals surface area contributed by atoms with Crippen molar-refractivity contribution in [2.75, 3.05) is 14.2 Å². The third-order valence-corrected chi connectivity index (χ3v) is 6.52. The fourth-order valence-corrected chi connectivity index (χ4v) is 4.19. The monoisotopic (exact) mass is 568 g/mol. The number of carbonyl (C=O) groups is 4. The number of nitrogens with one attached hydrogen (secondary N) is 4. The molecular formula is C30H40N4O7. The molecule has 0 saturated heterocycles. The van der Waals surface area contributed by atoms with Crippen LogP contribution in [0, 0.1) is 0 Å². The highest BCUT2D eigenvalue weighted by Crippen LogP contribution is 2.39. The van der Waals surface area contributed by atoms with Gasteiger partial charge in [-0.25, -0.2) is 5.48 Å². The molecule has 0 spiro atoms. The van der Waals surface area contributed by atoms with Crippen molar-refractivity contribution >= 4 is 23.6 Å². The molecule has 1 unspecified atom stereocenters. The number of hydroxylamine groups is 1. The lowest BCUT2D eigenvalue weighted by molar-refractivity contribution is -0.147. The van der Waals surface area contributed by atoms with E-state index in [0.717, 1.165) is 11.1 Å². The summed E-state index contributed by atoms with van der Waals surface area (Å²) in [6.45, 7) is 5.48. The minimum absolute atomic E-state index is 0.112. The Morgan fingerprint density at radius 1 is 0.976 bits per heavy atom. The van der Waals surface area contributed by atoms with Crippen LogP contribution in [0.25, 0.3) is 0 Å². The summed E-state index contributed by atoms with van der Waals surface area (Å²) < 4.78 is 10.6. The number of amides is 4. The average molecular weight is 569 g/mol. The Morgan fingerprint density at radius 3 is 2.32 bits per heavy atom. The second-order valence-electron chi connectivity index (χ2n) is 11.0. The third kappa shape index (κ3) is 9.58. The van der Waals surface area contributed by atoms with Crippen molar-refractivity contribution in [2.24, 2.45) is 0 Å². The minimum atomic E-state index is -1.34. The number of ether oxygens (including phenoxy) is 2. The van der Waals surface area contributed by atoms with Gasteiger partial charge in [-0.2, -0.15) is 0 Å². The van der Waals surface area contributed by atoms with E-state index in [0.29, 0.717) is 12.2 Å². The first-order valence-corrected chi connectivity index (χ1v) is 13.5. The molecule has 0 heterocycles. The first kappa shape index (κ1) is 31.6. The van der Waals surface area contributed by atoms with Gasteiger partial charge in [0.25, 0.3) is 0 Å². The summed E-state index contributed by atoms with van der Waals surface area (Å²) >= 11 is 0. The second-order valence-corrected chi connectivity index (χ2v) is 11.0. The van der Waals surface area contributed by atoms with E-state index in [4.69, 9.17) is 14.3 Å². The van der Waals surface area contributed by atoms with Crippen LogP contribution in [0.5, 0.6) is 5.75 Å². The van der Waals surface area contributed by atoms with Gasteiger partial charge in [0.1, 0.15) is 17.3 Å². The van der Waals surface area contributed by atoms with E-state index in [1.807, 2.05) is 42.5 Å². The van der Waals surface area contributed by atoms with E-state index in [1.54, 1.807) is 40.0 Å². The van der Waals surface area contributed by atoms with Crippen molar-refractivity contribution in [1.82, 2.24) is 21.4 Å². The molecular weight excluding hydrogens is 528 g/mol. The number of carbonyl (C=O) groups excluding carboxylic acids is 4. The number of hydrogen-bond acceptors (Lipinski definition) is 7. The van der Waals surface area contributed by atoms with Crippen LogP contribution in [0.2, 0.25) is 0 Å². The number of hydrogen-bond donors (Lipinski definition) is 4. The van der Waals surface area contributed by atoms with Crippen LogP contribution in [0.3, 0.4) is 0 Å². The van der Waals surface area contributed by atoms with Crippen molar-refractivity contribution in [3.8, 4) is 5.75 Å². The van der Waals surface area contributed by atoms with Crippen LogP contribution in [-0.2, 0) is 41.7 Å². The van der Waals surface area contributed by atoms with Crippen LogP contribution in [-0.4, -0.2) is 61.1 Å². The molecule has 3 rings (SSSR count). The van der Waals surface area contributed by atoms with Crippen LogP contribution < -0.4 is 26.2 Å². The van der Waals surface area contributed by atoms with Gasteiger partial charge in [-0.15, -0.1) is 0 Å². The van der Waals surface area contributed by atoms with Gasteiger partial charge in [-0.3, -0.25) is 24.0 Å². The van der Waals surface area contributed by atoms with Crippen LogP contribution in [0.4, 0.5) is 0 Å². The first-order chi connectivity index (χ1) is 19.5. The predicted molar refractivity (Wildman–Crippen MR) is 151 cm³/mol. The van der Waals surface area contributed by atoms with Gasteiger partial charge >= 0.3 is 0 Å². The summed E-state index contributed by atoms with van der Waals surface area (Å²) in [6.07, 6.45) is -0.140. The largest absolute Gasteiger partial charge is 0.497 e. The average Bonchev–Trinajstić information content (AvgIpc) is 3.67. The van der Waals surface area contributed by atoms with Gasteiger partial charge in [-0.1, -0.05) is 42.5 Å². The van der Waals surface area contributed by atoms with Crippen molar-refractivity contribution in [2.45, 2.75) is 76.3 Å². The zero-order valence-electron chi connectivity index (χ0n) is 24.2. The van der Waals surface area contributed by atoms with E-state index in [-0.39, 0.29) is 19.4 Å². The molecule has 0 radical (unpaired) electrons. The molecule has 0 bridgehead atoms. The lowest BCUT2D eigenvalue weighted by Gasteiger charge is -2.24. The van der Waals surface area contributed by atoms with Crippen molar-refractivity contribution in [3.05, 3.63) is 65.7 Å². The van der Waals surface area contributed by atoms with Crippen molar-refractivity contribution in [3.63, 3.8) is 0 Å². The summed E-state index contributed by atoms with van der Waals surface area (Å²) in [4.78, 5) is 57.5. The maximum atomic E-state index is 13.5. The van der Waals surface area contributed by atoms with E-state index in [2.05, 4.69) is 21.4 Å². The number of benzene rings is 2. The topological polar surface area (TPSA) is 144 Å². The van der Waals surface area contributed by atoms with E-state index >= 15 is 0 Å². The van der Waals surface area contributed by atoms with E-state index in [1.165, 1.54) is 7.11 Å². The van der Waals surface area contributed by atoms with Gasteiger partial charge < -0.3 is 25.4 Å². The van der Waals surface area contributed by atoms with Crippen LogP contribution >= 0.6 is 0 Å². The van der Waals surface area contributed by atoms with Crippen LogP contribution in [0.15, 0.2) is 54.6 Å². The summed E-state index contributed by atoms with van der Waals surface area (Å²) in [5.41, 5.74) is 2.11. The Kier molecular flexibility index (Phi) is 10.8. The van der Waals surface area contributed by atoms with E-state index < -0.39 is 53.3 Å². The number of methoxy groups -OCH3 is 2. The number of rotatable bonds is 14. The second kappa shape index (κ2) is 14.1. The smallest absolute Gasteiger partial charge is 0.248 e. The highest BCUT2D eigenvalue weighted by Gasteiger charge is 2.62. The Labute approximate surface area is 240 Å². The van der Waals surface area contributed by atoms with Crippen LogP contribution in [0.1, 0.15) is 51.2 Å². The lowest BCUT2D eigenvalue weighted by atomic mass is 10.1. The van der Waals surface area contributed by atoms with Gasteiger partial charge in [0, 0.05) is 26.5 Å². The number of aryl methyl sites for hydroxylation is 1. The standard InChI is InChI=1S/C30H40N4O7/c1-29(2,3)41-34-26(36)17-23(32-25(35)15-14-20-10-7-6-8-11-20)27(37)33-30(18-24(30)40-5)28(38)31-19-21-12-9-13-22(16-21)39-4/h6-13,16,23-24H,14-15,17-19H2,1-5H3,(H,31,38)(H,32,35)(H,33,37)(H,34,36)/t23-,24+,30?/m0/s1. The first-order valence-electron chi connectivity index (χ1n) is 13.5. The van der Waals surface area contributed by atoms with Crippen molar-refractivity contribution in [1.29, 1.82) is 0 Å². The van der Waals surface area contributed by atoms with Gasteiger partial charge in [0.05, 0.1) is 25.2 Å². The zero-order chi connectivity index (χ0) is 30.0. The maximum absolute atomic E-state index is 13.5. The fraction of sp³-hybridized carbons (Fsp3) is 0.467. The fourth-order valence-electron chi connectivity index (χ4n) is 4.19. The molecule has 11 heteroatoms. The SMILES string of the molecule is COc1cccc(CNC(=O)C2(NC(=O)[C@H](CC(=O)NOC(C)(C)C)NC(=O)CCc3ccccc3)C[C@H]2OC)c1. The summed E-state index contributed by atoms with van der Waals surface area (Å²) in [7, 11) is 3.01. The highest BCUT2D eigenvalue weighted by molar-refractivity contribution is 5.99. The molecule has 222 valence electrons. The Morgan fingerprint density at radius 2 is 1.68 bits per heavy atom. The normalized spacial score (nSPS) is 18.5. The Balaban J connectivity index is 1.68. The molecule has 1 fully saturated rings. The molecule has 3 atom stereocenters. The minimum Gasteiger partial charge on any atom is -0.497 e. The third-order valence-electron chi connectivity index (χ3n) is 6.52. The highest BCUT2D eigenvalue weighted by atomic mass is 16.7.